The molecule has 1 unspecified atom stereocenters. The predicted octanol–water partition coefficient (Wildman–Crippen LogP) is 2.78. The van der Waals surface area contributed by atoms with Gasteiger partial charge in [-0.2, -0.15) is 5.10 Å². The molecule has 1 atom stereocenters. The zero-order valence-corrected chi connectivity index (χ0v) is 16.4. The van der Waals surface area contributed by atoms with Crippen molar-refractivity contribution >= 4 is 11.8 Å². The van der Waals surface area contributed by atoms with Crippen molar-refractivity contribution < 1.29 is 9.59 Å². The van der Waals surface area contributed by atoms with Crippen molar-refractivity contribution in [3.05, 3.63) is 52.8 Å². The molecule has 0 saturated heterocycles. The Kier molecular flexibility index (Phi) is 4.09. The largest absolute Gasteiger partial charge is 0.335 e. The number of benzene rings is 1. The first-order valence-corrected chi connectivity index (χ1v) is 9.51. The molecule has 1 aromatic heterocycles. The number of amides is 2. The first-order chi connectivity index (χ1) is 12.8. The molecule has 0 fully saturated rings. The maximum absolute atomic E-state index is 13.4. The van der Waals surface area contributed by atoms with Crippen LogP contribution in [0.3, 0.4) is 0 Å². The molecule has 2 aromatic rings. The van der Waals surface area contributed by atoms with Gasteiger partial charge in [-0.05, 0) is 44.4 Å². The second-order valence-electron chi connectivity index (χ2n) is 8.22. The van der Waals surface area contributed by atoms with Crippen LogP contribution in [0.5, 0.6) is 0 Å². The smallest absolute Gasteiger partial charge is 0.275 e. The van der Waals surface area contributed by atoms with Crippen molar-refractivity contribution in [3.63, 3.8) is 0 Å². The fraction of sp³-hybridized carbons (Fsp3) is 0.476. The Morgan fingerprint density at radius 3 is 2.67 bits per heavy atom. The van der Waals surface area contributed by atoms with Crippen LogP contribution in [0.1, 0.15) is 61.0 Å². The van der Waals surface area contributed by atoms with E-state index in [9.17, 15) is 9.59 Å². The summed E-state index contributed by atoms with van der Waals surface area (Å²) in [6.45, 7) is 9.67. The molecule has 1 aromatic carbocycles. The predicted molar refractivity (Wildman–Crippen MR) is 102 cm³/mol. The van der Waals surface area contributed by atoms with Gasteiger partial charge in [-0.3, -0.25) is 14.3 Å². The van der Waals surface area contributed by atoms with Crippen molar-refractivity contribution in [2.75, 3.05) is 6.54 Å². The Morgan fingerprint density at radius 2 is 1.93 bits per heavy atom. The van der Waals surface area contributed by atoms with Crippen LogP contribution in [0.2, 0.25) is 0 Å². The van der Waals surface area contributed by atoms with Crippen LogP contribution in [0, 0.1) is 0 Å². The summed E-state index contributed by atoms with van der Waals surface area (Å²) < 4.78 is 1.86. The second-order valence-corrected chi connectivity index (χ2v) is 8.22. The van der Waals surface area contributed by atoms with E-state index in [1.165, 1.54) is 11.1 Å². The summed E-state index contributed by atoms with van der Waals surface area (Å²) >= 11 is 0. The van der Waals surface area contributed by atoms with Gasteiger partial charge in [0.1, 0.15) is 0 Å². The van der Waals surface area contributed by atoms with E-state index in [1.807, 2.05) is 21.7 Å². The van der Waals surface area contributed by atoms with Gasteiger partial charge in [0.15, 0.2) is 5.69 Å². The average Bonchev–Trinajstić information content (AvgIpc) is 3.04. The van der Waals surface area contributed by atoms with Gasteiger partial charge in [0.25, 0.3) is 5.91 Å². The fourth-order valence-electron chi connectivity index (χ4n) is 4.53. The molecule has 2 aliphatic rings. The molecule has 0 aliphatic carbocycles. The molecule has 2 amide bonds. The Hall–Kier alpha value is -2.63. The Labute approximate surface area is 159 Å². The summed E-state index contributed by atoms with van der Waals surface area (Å²) in [6.07, 6.45) is 0.824. The molecular formula is C21H26N4O2. The number of hydrogen-bond acceptors (Lipinski definition) is 3. The van der Waals surface area contributed by atoms with Crippen molar-refractivity contribution in [1.29, 1.82) is 0 Å². The van der Waals surface area contributed by atoms with Crippen LogP contribution < -0.4 is 0 Å². The summed E-state index contributed by atoms with van der Waals surface area (Å²) in [4.78, 5) is 28.9. The molecule has 6 heteroatoms. The first kappa shape index (κ1) is 17.8. The molecule has 0 saturated carbocycles. The van der Waals surface area contributed by atoms with E-state index in [1.54, 1.807) is 11.8 Å². The number of aromatic nitrogens is 2. The second kappa shape index (κ2) is 6.22. The Bertz CT molecular complexity index is 915. The quantitative estimate of drug-likeness (QED) is 0.780. The highest BCUT2D eigenvalue weighted by atomic mass is 16.2. The van der Waals surface area contributed by atoms with Gasteiger partial charge in [0, 0.05) is 19.0 Å². The first-order valence-electron chi connectivity index (χ1n) is 9.51. The van der Waals surface area contributed by atoms with E-state index < -0.39 is 0 Å². The summed E-state index contributed by atoms with van der Waals surface area (Å²) in [6, 6.07) is 10.2. The molecule has 0 N–H and O–H groups in total. The number of nitrogens with zero attached hydrogens (tertiary/aromatic N) is 4. The van der Waals surface area contributed by atoms with E-state index >= 15 is 0 Å². The lowest BCUT2D eigenvalue weighted by Gasteiger charge is -2.47. The molecular weight excluding hydrogens is 340 g/mol. The third kappa shape index (κ3) is 2.93. The van der Waals surface area contributed by atoms with Crippen molar-refractivity contribution in [3.8, 4) is 0 Å². The van der Waals surface area contributed by atoms with E-state index in [0.717, 1.165) is 12.1 Å². The minimum atomic E-state index is -0.291. The number of fused-ring (bicyclic) bond motifs is 2. The Morgan fingerprint density at radius 1 is 1.19 bits per heavy atom. The van der Waals surface area contributed by atoms with E-state index in [4.69, 9.17) is 0 Å². The van der Waals surface area contributed by atoms with Crippen LogP contribution in [0.4, 0.5) is 0 Å². The van der Waals surface area contributed by atoms with Gasteiger partial charge in [-0.15, -0.1) is 0 Å². The normalized spacial score (nSPS) is 20.8. The lowest BCUT2D eigenvalue weighted by Crippen LogP contribution is -2.53. The lowest BCUT2D eigenvalue weighted by molar-refractivity contribution is -0.130. The molecule has 27 heavy (non-hydrogen) atoms. The van der Waals surface area contributed by atoms with Crippen molar-refractivity contribution in [2.24, 2.45) is 0 Å². The van der Waals surface area contributed by atoms with Gasteiger partial charge in [0.05, 0.1) is 24.8 Å². The SMILES string of the molecule is CC(=O)N1CCn2nc(C(=O)N3C(C)c4ccccc4CC3(C)C)cc2C1. The van der Waals surface area contributed by atoms with Crippen molar-refractivity contribution in [2.45, 2.75) is 58.8 Å². The van der Waals surface area contributed by atoms with Gasteiger partial charge in [0.2, 0.25) is 5.91 Å². The molecule has 0 spiro atoms. The number of rotatable bonds is 1. The topological polar surface area (TPSA) is 58.4 Å². The summed E-state index contributed by atoms with van der Waals surface area (Å²) in [5.41, 5.74) is 3.61. The Balaban J connectivity index is 1.66. The minimum Gasteiger partial charge on any atom is -0.335 e. The fourth-order valence-corrected chi connectivity index (χ4v) is 4.53. The van der Waals surface area contributed by atoms with E-state index in [2.05, 4.69) is 44.1 Å². The lowest BCUT2D eigenvalue weighted by atomic mass is 9.81. The maximum Gasteiger partial charge on any atom is 0.275 e. The van der Waals surface area contributed by atoms with Crippen LogP contribution in [-0.4, -0.2) is 43.5 Å². The summed E-state index contributed by atoms with van der Waals surface area (Å²) in [5.74, 6) is 0.0102. The standard InChI is InChI=1S/C21H26N4O2/c1-14-18-8-6-5-7-16(18)12-21(3,4)25(14)20(27)19-11-17-13-23(15(2)26)9-10-24(17)22-19/h5-8,11,14H,9-10,12-13H2,1-4H3. The molecule has 6 nitrogen and oxygen atoms in total. The minimum absolute atomic E-state index is 0.00936. The van der Waals surface area contributed by atoms with Crippen molar-refractivity contribution in [1.82, 2.24) is 19.6 Å². The van der Waals surface area contributed by atoms with Crippen LogP contribution in [0.25, 0.3) is 0 Å². The third-order valence-electron chi connectivity index (χ3n) is 5.85. The molecule has 142 valence electrons. The summed E-state index contributed by atoms with van der Waals surface area (Å²) in [7, 11) is 0. The van der Waals surface area contributed by atoms with Crippen LogP contribution in [-0.2, 0) is 24.3 Å². The van der Waals surface area contributed by atoms with E-state index in [0.29, 0.717) is 25.3 Å². The maximum atomic E-state index is 13.4. The highest BCUT2D eigenvalue weighted by molar-refractivity contribution is 5.93. The zero-order chi connectivity index (χ0) is 19.3. The van der Waals surface area contributed by atoms with Gasteiger partial charge >= 0.3 is 0 Å². The molecule has 2 aliphatic heterocycles. The van der Waals surface area contributed by atoms with Crippen LogP contribution in [0.15, 0.2) is 30.3 Å². The average molecular weight is 366 g/mol. The third-order valence-corrected chi connectivity index (χ3v) is 5.85. The van der Waals surface area contributed by atoms with Gasteiger partial charge in [-0.1, -0.05) is 24.3 Å². The highest BCUT2D eigenvalue weighted by Crippen LogP contribution is 2.39. The summed E-state index contributed by atoms with van der Waals surface area (Å²) in [5, 5.41) is 4.56. The van der Waals surface area contributed by atoms with Gasteiger partial charge < -0.3 is 9.80 Å². The molecule has 0 bridgehead atoms. The molecule has 4 rings (SSSR count). The molecule has 3 heterocycles. The molecule has 0 radical (unpaired) electrons. The monoisotopic (exact) mass is 366 g/mol. The van der Waals surface area contributed by atoms with E-state index in [-0.39, 0.29) is 23.4 Å². The number of carbonyl (C=O) groups excluding carboxylic acids is 2. The number of carbonyl (C=O) groups is 2. The number of hydrogen-bond donors (Lipinski definition) is 0. The zero-order valence-electron chi connectivity index (χ0n) is 16.4. The highest BCUT2D eigenvalue weighted by Gasteiger charge is 2.41. The van der Waals surface area contributed by atoms with Gasteiger partial charge in [-0.25, -0.2) is 0 Å². The van der Waals surface area contributed by atoms with Crippen LogP contribution >= 0.6 is 0 Å².